The smallest absolute Gasteiger partial charge is 0.229 e. The minimum atomic E-state index is -1.83. The summed E-state index contributed by atoms with van der Waals surface area (Å²) in [6, 6.07) is 7.20. The number of rotatable bonds is 6. The average molecular weight is 567 g/mol. The van der Waals surface area contributed by atoms with Gasteiger partial charge in [0.15, 0.2) is 0 Å². The SMILES string of the molecule is CO[C@H]1[C@H](N)C[C@H](c2ccncc2Nc2ncc3ccc(-c4c(F)cc(C5(F)CCOCC5)cc4F)nn23)C[C@@H]1C. The second-order valence-electron chi connectivity index (χ2n) is 11.1. The van der Waals surface area contributed by atoms with Gasteiger partial charge in [0, 0.05) is 45.4 Å². The first kappa shape index (κ1) is 27.6. The fraction of sp³-hybridized carbons (Fsp3) is 0.433. The molecule has 1 aromatic carbocycles. The Kier molecular flexibility index (Phi) is 7.43. The fourth-order valence-electron chi connectivity index (χ4n) is 6.37. The van der Waals surface area contributed by atoms with Crippen molar-refractivity contribution in [2.75, 3.05) is 25.6 Å². The third-order valence-electron chi connectivity index (χ3n) is 8.49. The van der Waals surface area contributed by atoms with Gasteiger partial charge in [0.2, 0.25) is 5.95 Å². The molecular weight excluding hydrogens is 533 g/mol. The number of alkyl halides is 1. The molecule has 1 aliphatic heterocycles. The summed E-state index contributed by atoms with van der Waals surface area (Å²) in [7, 11) is 1.70. The average Bonchev–Trinajstić information content (AvgIpc) is 3.35. The Morgan fingerprint density at radius 3 is 2.56 bits per heavy atom. The highest BCUT2D eigenvalue weighted by Crippen LogP contribution is 2.41. The molecule has 1 aliphatic carbocycles. The molecule has 4 atom stereocenters. The number of hydrogen-bond donors (Lipinski definition) is 2. The van der Waals surface area contributed by atoms with Crippen LogP contribution in [0.4, 0.5) is 24.8 Å². The number of pyridine rings is 1. The molecule has 216 valence electrons. The van der Waals surface area contributed by atoms with Gasteiger partial charge in [0.05, 0.1) is 41.0 Å². The van der Waals surface area contributed by atoms with E-state index < -0.39 is 17.3 Å². The summed E-state index contributed by atoms with van der Waals surface area (Å²) >= 11 is 0. The molecule has 3 aromatic heterocycles. The van der Waals surface area contributed by atoms with Crippen LogP contribution in [0.2, 0.25) is 0 Å². The van der Waals surface area contributed by atoms with E-state index in [9.17, 15) is 0 Å². The van der Waals surface area contributed by atoms with Crippen LogP contribution >= 0.6 is 0 Å². The first-order valence-corrected chi connectivity index (χ1v) is 13.9. The van der Waals surface area contributed by atoms with Crippen molar-refractivity contribution in [3.8, 4) is 11.3 Å². The number of ether oxygens (including phenoxy) is 2. The standard InChI is InChI=1S/C30H33F3N6O2/c1-17-11-18(12-24(34)28(17)40-2)21-5-8-35-16-26(21)37-29-36-15-20-3-4-25(38-39(20)29)27-22(31)13-19(14-23(27)32)30(33)6-9-41-10-7-30/h3-5,8,13-18,24,28H,6-7,9-12,34H2,1-2H3,(H,36,37)/t17-,18+,24+,28+/m0/s1. The highest BCUT2D eigenvalue weighted by atomic mass is 19.1. The molecule has 3 N–H and O–H groups in total. The maximum absolute atomic E-state index is 15.4. The van der Waals surface area contributed by atoms with E-state index in [-0.39, 0.29) is 66.9 Å². The molecule has 8 nitrogen and oxygen atoms in total. The molecule has 0 unspecified atom stereocenters. The van der Waals surface area contributed by atoms with Crippen molar-refractivity contribution in [2.45, 2.75) is 56.3 Å². The second-order valence-corrected chi connectivity index (χ2v) is 11.1. The van der Waals surface area contributed by atoms with Crippen molar-refractivity contribution in [1.82, 2.24) is 19.6 Å². The second kappa shape index (κ2) is 11.0. The minimum Gasteiger partial charge on any atom is -0.381 e. The largest absolute Gasteiger partial charge is 0.381 e. The molecule has 4 aromatic rings. The normalized spacial score (nSPS) is 24.4. The highest BCUT2D eigenvalue weighted by Gasteiger charge is 2.37. The summed E-state index contributed by atoms with van der Waals surface area (Å²) in [4.78, 5) is 8.76. The highest BCUT2D eigenvalue weighted by molar-refractivity contribution is 5.66. The minimum absolute atomic E-state index is 0.00494. The summed E-state index contributed by atoms with van der Waals surface area (Å²) in [6.07, 6.45) is 6.85. The van der Waals surface area contributed by atoms with Crippen LogP contribution in [0.5, 0.6) is 0 Å². The number of nitrogens with zero attached hydrogens (tertiary/aromatic N) is 4. The summed E-state index contributed by atoms with van der Waals surface area (Å²) < 4.78 is 58.4. The van der Waals surface area contributed by atoms with Crippen LogP contribution in [-0.4, -0.2) is 52.1 Å². The van der Waals surface area contributed by atoms with Crippen LogP contribution in [0.25, 0.3) is 16.8 Å². The predicted octanol–water partition coefficient (Wildman–Crippen LogP) is 5.64. The van der Waals surface area contributed by atoms with Crippen LogP contribution < -0.4 is 11.1 Å². The van der Waals surface area contributed by atoms with E-state index in [1.807, 2.05) is 6.07 Å². The van der Waals surface area contributed by atoms with Crippen molar-refractivity contribution < 1.29 is 22.6 Å². The molecule has 0 radical (unpaired) electrons. The van der Waals surface area contributed by atoms with Gasteiger partial charge in [-0.05, 0) is 66.1 Å². The Balaban J connectivity index is 1.32. The van der Waals surface area contributed by atoms with Crippen molar-refractivity contribution in [1.29, 1.82) is 0 Å². The number of nitrogens with one attached hydrogen (secondary N) is 1. The third-order valence-corrected chi connectivity index (χ3v) is 8.49. The number of aromatic nitrogens is 4. The topological polar surface area (TPSA) is 99.6 Å². The Labute approximate surface area is 236 Å². The lowest BCUT2D eigenvalue weighted by molar-refractivity contribution is -0.0117. The molecule has 0 amide bonds. The quantitative estimate of drug-likeness (QED) is 0.311. The van der Waals surface area contributed by atoms with Crippen LogP contribution in [-0.2, 0) is 15.1 Å². The number of anilines is 2. The molecule has 41 heavy (non-hydrogen) atoms. The third kappa shape index (κ3) is 5.18. The number of methoxy groups -OCH3 is 1. The van der Waals surface area contributed by atoms with Gasteiger partial charge in [-0.2, -0.15) is 9.61 Å². The van der Waals surface area contributed by atoms with Crippen molar-refractivity contribution in [2.24, 2.45) is 11.7 Å². The maximum Gasteiger partial charge on any atom is 0.229 e. The number of halogens is 3. The van der Waals surface area contributed by atoms with Gasteiger partial charge in [0.1, 0.15) is 17.3 Å². The number of fused-ring (bicyclic) bond motifs is 1. The van der Waals surface area contributed by atoms with Gasteiger partial charge in [-0.25, -0.2) is 18.2 Å². The molecule has 2 fully saturated rings. The van der Waals surface area contributed by atoms with Gasteiger partial charge in [-0.3, -0.25) is 4.98 Å². The fourth-order valence-corrected chi connectivity index (χ4v) is 6.37. The van der Waals surface area contributed by atoms with Crippen LogP contribution in [0.3, 0.4) is 0 Å². The number of nitrogens with two attached hydrogens (primary N) is 1. The lowest BCUT2D eigenvalue weighted by Crippen LogP contribution is -2.45. The van der Waals surface area contributed by atoms with Crippen LogP contribution in [0.15, 0.2) is 48.9 Å². The number of benzene rings is 1. The van der Waals surface area contributed by atoms with E-state index >= 15 is 13.2 Å². The van der Waals surface area contributed by atoms with E-state index in [1.54, 1.807) is 31.8 Å². The lowest BCUT2D eigenvalue weighted by atomic mass is 9.74. The molecular formula is C30H33F3N6O2. The Bertz CT molecular complexity index is 1520. The van der Waals surface area contributed by atoms with E-state index in [0.29, 0.717) is 11.5 Å². The lowest BCUT2D eigenvalue weighted by Gasteiger charge is -2.38. The molecule has 1 saturated carbocycles. The van der Waals surface area contributed by atoms with E-state index in [2.05, 4.69) is 27.3 Å². The zero-order valence-corrected chi connectivity index (χ0v) is 23.0. The molecule has 11 heteroatoms. The Morgan fingerprint density at radius 1 is 1.10 bits per heavy atom. The molecule has 0 bridgehead atoms. The zero-order chi connectivity index (χ0) is 28.7. The van der Waals surface area contributed by atoms with E-state index in [1.165, 1.54) is 10.6 Å². The van der Waals surface area contributed by atoms with Gasteiger partial charge in [-0.1, -0.05) is 6.92 Å². The summed E-state index contributed by atoms with van der Waals surface area (Å²) in [5.74, 6) is -0.932. The van der Waals surface area contributed by atoms with Crippen molar-refractivity contribution in [3.05, 3.63) is 71.7 Å². The predicted molar refractivity (Wildman–Crippen MR) is 149 cm³/mol. The zero-order valence-electron chi connectivity index (χ0n) is 23.0. The molecule has 1 saturated heterocycles. The van der Waals surface area contributed by atoms with Gasteiger partial charge >= 0.3 is 0 Å². The maximum atomic E-state index is 15.4. The summed E-state index contributed by atoms with van der Waals surface area (Å²) in [6.45, 7) is 2.55. The number of hydrogen-bond acceptors (Lipinski definition) is 7. The first-order chi connectivity index (χ1) is 19.8. The van der Waals surface area contributed by atoms with Crippen molar-refractivity contribution in [3.63, 3.8) is 0 Å². The Morgan fingerprint density at radius 2 is 1.85 bits per heavy atom. The monoisotopic (exact) mass is 566 g/mol. The molecule has 2 aliphatic rings. The van der Waals surface area contributed by atoms with E-state index in [0.717, 1.165) is 36.2 Å². The van der Waals surface area contributed by atoms with Crippen LogP contribution in [0, 0.1) is 17.6 Å². The van der Waals surface area contributed by atoms with Gasteiger partial charge in [-0.15, -0.1) is 0 Å². The van der Waals surface area contributed by atoms with E-state index in [4.69, 9.17) is 15.2 Å². The molecule has 6 rings (SSSR count). The summed E-state index contributed by atoms with van der Waals surface area (Å²) in [5.41, 5.74) is 6.75. The van der Waals surface area contributed by atoms with Crippen molar-refractivity contribution >= 4 is 17.2 Å². The number of imidazole rings is 1. The molecule has 4 heterocycles. The Hall–Kier alpha value is -3.54. The van der Waals surface area contributed by atoms with Crippen LogP contribution in [0.1, 0.15) is 49.7 Å². The summed E-state index contributed by atoms with van der Waals surface area (Å²) in [5, 5.41) is 7.83. The van der Waals surface area contributed by atoms with Gasteiger partial charge < -0.3 is 20.5 Å². The van der Waals surface area contributed by atoms with Gasteiger partial charge in [0.25, 0.3) is 0 Å². The first-order valence-electron chi connectivity index (χ1n) is 13.9. The molecule has 0 spiro atoms.